The molecule has 2 amide bonds. The number of thioether (sulfide) groups is 1. The zero-order chi connectivity index (χ0) is 29.7. The minimum atomic E-state index is -4.88. The maximum Gasteiger partial charge on any atom is 0.450 e. The Morgan fingerprint density at radius 3 is 2.37 bits per heavy atom. The molecule has 1 saturated carbocycles. The second-order valence-corrected chi connectivity index (χ2v) is 11.8. The van der Waals surface area contributed by atoms with Gasteiger partial charge in [0.15, 0.2) is 0 Å². The van der Waals surface area contributed by atoms with E-state index in [1.807, 2.05) is 32.8 Å². The van der Waals surface area contributed by atoms with E-state index in [9.17, 15) is 27.6 Å². The average Bonchev–Trinajstić information content (AvgIpc) is 3.50. The van der Waals surface area contributed by atoms with Crippen LogP contribution in [0, 0.1) is 12.8 Å². The van der Waals surface area contributed by atoms with Gasteiger partial charge in [-0.15, -0.1) is 22.6 Å². The van der Waals surface area contributed by atoms with E-state index in [1.165, 1.54) is 18.7 Å². The van der Waals surface area contributed by atoms with Crippen molar-refractivity contribution in [2.24, 2.45) is 5.92 Å². The van der Waals surface area contributed by atoms with Gasteiger partial charge in [0.05, 0.1) is 11.6 Å². The number of furan rings is 1. The number of carbonyl (C=O) groups excluding carboxylic acids is 3. The van der Waals surface area contributed by atoms with Gasteiger partial charge in [0, 0.05) is 12.3 Å². The van der Waals surface area contributed by atoms with Crippen LogP contribution in [0.4, 0.5) is 13.2 Å². The molecular weight excluding hydrogens is 587 g/mol. The number of hydrogen-bond donors (Lipinski definition) is 2. The van der Waals surface area contributed by atoms with E-state index < -0.39 is 46.7 Å². The summed E-state index contributed by atoms with van der Waals surface area (Å²) >= 11 is 1.30. The third-order valence-electron chi connectivity index (χ3n) is 6.56. The molecule has 41 heavy (non-hydrogen) atoms. The van der Waals surface area contributed by atoms with Crippen LogP contribution in [0.1, 0.15) is 84.9 Å². The Labute approximate surface area is 247 Å². The van der Waals surface area contributed by atoms with E-state index in [4.69, 9.17) is 8.83 Å². The fourth-order valence-corrected chi connectivity index (χ4v) is 5.44. The Kier molecular flexibility index (Phi) is 12.3. The number of carbonyl (C=O) groups is 3. The molecule has 0 spiro atoms. The van der Waals surface area contributed by atoms with Crippen LogP contribution in [0.15, 0.2) is 20.1 Å². The van der Waals surface area contributed by atoms with E-state index in [1.54, 1.807) is 0 Å². The molecule has 1 atom stereocenters. The summed E-state index contributed by atoms with van der Waals surface area (Å²) < 4.78 is 50.8. The fraction of sp³-hybridized carbons (Fsp3) is 0.654. The summed E-state index contributed by atoms with van der Waals surface area (Å²) in [6.07, 6.45) is -2.27. The molecule has 10 nitrogen and oxygen atoms in total. The van der Waals surface area contributed by atoms with Crippen molar-refractivity contribution in [2.45, 2.75) is 82.3 Å². The predicted molar refractivity (Wildman–Crippen MR) is 148 cm³/mol. The van der Waals surface area contributed by atoms with Gasteiger partial charge in [-0.25, -0.2) is 0 Å². The highest BCUT2D eigenvalue weighted by Gasteiger charge is 2.45. The van der Waals surface area contributed by atoms with Crippen molar-refractivity contribution >= 4 is 41.8 Å². The second kappa shape index (κ2) is 14.5. The van der Waals surface area contributed by atoms with Crippen molar-refractivity contribution < 1.29 is 36.4 Å². The number of halogens is 4. The Bertz CT molecular complexity index is 1190. The molecule has 0 aromatic carbocycles. The summed E-state index contributed by atoms with van der Waals surface area (Å²) in [5.74, 6) is -3.37. The van der Waals surface area contributed by atoms with Crippen LogP contribution in [0.2, 0.25) is 0 Å². The summed E-state index contributed by atoms with van der Waals surface area (Å²) in [6, 6.07) is -0.0355. The first-order valence-corrected chi connectivity index (χ1v) is 14.2. The molecule has 230 valence electrons. The van der Waals surface area contributed by atoms with Crippen molar-refractivity contribution in [3.8, 4) is 0 Å². The lowest BCUT2D eigenvalue weighted by Gasteiger charge is -2.37. The van der Waals surface area contributed by atoms with Gasteiger partial charge in [-0.2, -0.15) is 13.2 Å². The molecule has 0 aliphatic heterocycles. The van der Waals surface area contributed by atoms with Gasteiger partial charge in [-0.1, -0.05) is 44.9 Å². The van der Waals surface area contributed by atoms with Gasteiger partial charge in [0.1, 0.15) is 11.3 Å². The summed E-state index contributed by atoms with van der Waals surface area (Å²) in [4.78, 5) is 42.1. The van der Waals surface area contributed by atoms with Crippen LogP contribution < -0.4 is 10.6 Å². The van der Waals surface area contributed by atoms with Crippen LogP contribution in [0.3, 0.4) is 0 Å². The van der Waals surface area contributed by atoms with Crippen LogP contribution in [-0.2, 0) is 11.0 Å². The van der Waals surface area contributed by atoms with E-state index in [2.05, 4.69) is 20.8 Å². The standard InChI is InChI=1S/C26H36F3N5O5S.ClH/c1-15(2)13-18(19(35)22-32-33-24(39-22)40-12-11-34(4)5)30-23(37)25(9-7-6-8-10-25)31-21(36)17-14-16(3)38-20(17)26(27,28)29;/h14-15,18H,6-13H2,1-5H3,(H,30,37)(H,31,36);1H. The Hall–Kier alpha value is -2.58. The molecule has 1 aliphatic carbocycles. The number of hydrogen-bond acceptors (Lipinski definition) is 9. The first kappa shape index (κ1) is 34.6. The van der Waals surface area contributed by atoms with Crippen molar-refractivity contribution in [3.63, 3.8) is 0 Å². The van der Waals surface area contributed by atoms with Crippen LogP contribution >= 0.6 is 24.2 Å². The first-order chi connectivity index (χ1) is 18.7. The van der Waals surface area contributed by atoms with E-state index in [-0.39, 0.29) is 54.5 Å². The molecule has 2 aromatic rings. The zero-order valence-corrected chi connectivity index (χ0v) is 25.4. The lowest BCUT2D eigenvalue weighted by atomic mass is 9.80. The fourth-order valence-electron chi connectivity index (χ4n) is 4.57. The number of rotatable bonds is 12. The number of alkyl halides is 3. The molecule has 1 unspecified atom stereocenters. The average molecular weight is 624 g/mol. The number of aryl methyl sites for hydroxylation is 1. The number of nitrogens with zero attached hydrogens (tertiary/aromatic N) is 3. The lowest BCUT2D eigenvalue weighted by Crippen LogP contribution is -2.62. The van der Waals surface area contributed by atoms with Crippen molar-refractivity contribution in [1.29, 1.82) is 0 Å². The zero-order valence-electron chi connectivity index (χ0n) is 23.7. The first-order valence-electron chi connectivity index (χ1n) is 13.2. The minimum absolute atomic E-state index is 0. The molecular formula is C26H37ClF3N5O5S. The van der Waals surface area contributed by atoms with E-state index in [0.717, 1.165) is 19.0 Å². The topological polar surface area (TPSA) is 131 Å². The van der Waals surface area contributed by atoms with Gasteiger partial charge >= 0.3 is 6.18 Å². The van der Waals surface area contributed by atoms with Crippen molar-refractivity contribution in [3.05, 3.63) is 29.0 Å². The molecule has 2 N–H and O–H groups in total. The largest absolute Gasteiger partial charge is 0.456 e. The predicted octanol–water partition coefficient (Wildman–Crippen LogP) is 4.91. The maximum absolute atomic E-state index is 13.7. The van der Waals surface area contributed by atoms with Gasteiger partial charge in [0.2, 0.25) is 17.5 Å². The molecule has 2 aromatic heterocycles. The van der Waals surface area contributed by atoms with Crippen molar-refractivity contribution in [2.75, 3.05) is 26.4 Å². The molecule has 0 saturated heterocycles. The normalized spacial score (nSPS) is 15.9. The smallest absolute Gasteiger partial charge is 0.450 e. The number of ketones is 1. The molecule has 1 fully saturated rings. The number of nitrogens with one attached hydrogen (secondary N) is 2. The molecule has 2 heterocycles. The van der Waals surface area contributed by atoms with Gasteiger partial charge in [-0.05, 0) is 52.3 Å². The highest BCUT2D eigenvalue weighted by molar-refractivity contribution is 7.99. The van der Waals surface area contributed by atoms with Crippen LogP contribution in [0.5, 0.6) is 0 Å². The number of amides is 2. The minimum Gasteiger partial charge on any atom is -0.456 e. The summed E-state index contributed by atoms with van der Waals surface area (Å²) in [7, 11) is 3.85. The van der Waals surface area contributed by atoms with Crippen molar-refractivity contribution in [1.82, 2.24) is 25.7 Å². The summed E-state index contributed by atoms with van der Waals surface area (Å²) in [5.41, 5.74) is -2.19. The number of aromatic nitrogens is 2. The Morgan fingerprint density at radius 1 is 1.12 bits per heavy atom. The quantitative estimate of drug-likeness (QED) is 0.250. The molecule has 1 aliphatic rings. The summed E-state index contributed by atoms with van der Waals surface area (Å²) in [6.45, 7) is 5.82. The molecule has 0 radical (unpaired) electrons. The van der Waals surface area contributed by atoms with E-state index >= 15 is 0 Å². The van der Waals surface area contributed by atoms with Crippen LogP contribution in [0.25, 0.3) is 0 Å². The number of Topliss-reactive ketones (excluding diaryl/α,β-unsaturated/α-hetero) is 1. The van der Waals surface area contributed by atoms with Gasteiger partial charge < -0.3 is 24.4 Å². The van der Waals surface area contributed by atoms with Gasteiger partial charge in [0.25, 0.3) is 17.0 Å². The van der Waals surface area contributed by atoms with Gasteiger partial charge in [-0.3, -0.25) is 14.4 Å². The monoisotopic (exact) mass is 623 g/mol. The Balaban J connectivity index is 0.00000588. The third kappa shape index (κ3) is 9.20. The third-order valence-corrected chi connectivity index (χ3v) is 7.36. The second-order valence-electron chi connectivity index (χ2n) is 10.7. The molecule has 3 rings (SSSR count). The SMILES string of the molecule is Cc1cc(C(=O)NC2(C(=O)NC(CC(C)C)C(=O)c3nnc(SCCN(C)C)o3)CCCCC2)c(C(F)(F)F)o1.Cl. The van der Waals surface area contributed by atoms with Crippen LogP contribution in [-0.4, -0.2) is 70.7 Å². The summed E-state index contributed by atoms with van der Waals surface area (Å²) in [5, 5.41) is 13.3. The lowest BCUT2D eigenvalue weighted by molar-refractivity contribution is -0.153. The Morgan fingerprint density at radius 2 is 1.78 bits per heavy atom. The molecule has 15 heteroatoms. The highest BCUT2D eigenvalue weighted by atomic mass is 35.5. The maximum atomic E-state index is 13.7. The highest BCUT2D eigenvalue weighted by Crippen LogP contribution is 2.35. The van der Waals surface area contributed by atoms with E-state index in [0.29, 0.717) is 18.6 Å². The molecule has 0 bridgehead atoms.